The van der Waals surface area contributed by atoms with Gasteiger partial charge in [0.1, 0.15) is 0 Å². The molecule has 2 rings (SSSR count). The summed E-state index contributed by atoms with van der Waals surface area (Å²) in [4.78, 5) is 18.9. The van der Waals surface area contributed by atoms with Crippen LogP contribution in [-0.2, 0) is 6.42 Å². The number of benzene rings is 1. The lowest BCUT2D eigenvalue weighted by Crippen LogP contribution is -2.25. The Morgan fingerprint density at radius 1 is 1.42 bits per heavy atom. The van der Waals surface area contributed by atoms with Gasteiger partial charge in [-0.1, -0.05) is 0 Å². The second kappa shape index (κ2) is 6.04. The number of anilines is 1. The zero-order valence-corrected chi connectivity index (χ0v) is 11.2. The van der Waals surface area contributed by atoms with E-state index in [0.717, 1.165) is 23.4 Å². The topological polar surface area (TPSA) is 69.8 Å². The van der Waals surface area contributed by atoms with E-state index < -0.39 is 0 Å². The van der Waals surface area contributed by atoms with Gasteiger partial charge in [0.05, 0.1) is 6.33 Å². The molecule has 1 heterocycles. The maximum atomic E-state index is 12.0. The summed E-state index contributed by atoms with van der Waals surface area (Å²) in [5.41, 5.74) is 3.79. The monoisotopic (exact) mass is 258 g/mol. The van der Waals surface area contributed by atoms with Crippen LogP contribution in [0.2, 0.25) is 0 Å². The van der Waals surface area contributed by atoms with E-state index in [1.54, 1.807) is 12.5 Å². The summed E-state index contributed by atoms with van der Waals surface area (Å²) in [7, 11) is 1.87. The minimum absolute atomic E-state index is 0.0507. The van der Waals surface area contributed by atoms with E-state index in [-0.39, 0.29) is 5.91 Å². The molecule has 19 heavy (non-hydrogen) atoms. The predicted octanol–water partition coefficient (Wildman–Crippen LogP) is 1.73. The largest absolute Gasteiger partial charge is 0.388 e. The van der Waals surface area contributed by atoms with Crippen molar-refractivity contribution in [3.63, 3.8) is 0 Å². The lowest BCUT2D eigenvalue weighted by atomic mass is 10.1. The number of nitrogens with zero attached hydrogens (tertiary/aromatic N) is 1. The molecule has 0 radical (unpaired) electrons. The highest BCUT2D eigenvalue weighted by atomic mass is 16.1. The average molecular weight is 258 g/mol. The van der Waals surface area contributed by atoms with Crippen molar-refractivity contribution in [1.29, 1.82) is 0 Å². The third-order valence-corrected chi connectivity index (χ3v) is 2.99. The predicted molar refractivity (Wildman–Crippen MR) is 75.4 cm³/mol. The summed E-state index contributed by atoms with van der Waals surface area (Å²) in [5, 5.41) is 5.98. The van der Waals surface area contributed by atoms with E-state index in [1.807, 2.05) is 32.2 Å². The zero-order chi connectivity index (χ0) is 13.7. The van der Waals surface area contributed by atoms with Crippen LogP contribution in [0.15, 0.2) is 30.7 Å². The molecule has 0 aliphatic heterocycles. The van der Waals surface area contributed by atoms with Gasteiger partial charge in [0.15, 0.2) is 0 Å². The molecule has 0 aliphatic carbocycles. The van der Waals surface area contributed by atoms with Gasteiger partial charge >= 0.3 is 0 Å². The van der Waals surface area contributed by atoms with E-state index >= 15 is 0 Å². The molecule has 0 unspecified atom stereocenters. The highest BCUT2D eigenvalue weighted by Crippen LogP contribution is 2.15. The molecule has 0 atom stereocenters. The summed E-state index contributed by atoms with van der Waals surface area (Å²) in [5.74, 6) is -0.0507. The first kappa shape index (κ1) is 13.1. The number of hydrogen-bond acceptors (Lipinski definition) is 3. The lowest BCUT2D eigenvalue weighted by molar-refractivity contribution is 0.0954. The van der Waals surface area contributed by atoms with Gasteiger partial charge in [0.25, 0.3) is 5.91 Å². The van der Waals surface area contributed by atoms with Crippen molar-refractivity contribution < 1.29 is 4.79 Å². The van der Waals surface area contributed by atoms with Crippen molar-refractivity contribution in [2.45, 2.75) is 13.3 Å². The van der Waals surface area contributed by atoms with E-state index in [0.29, 0.717) is 12.1 Å². The van der Waals surface area contributed by atoms with E-state index in [2.05, 4.69) is 20.6 Å². The van der Waals surface area contributed by atoms with Gasteiger partial charge in [-0.25, -0.2) is 4.98 Å². The highest BCUT2D eigenvalue weighted by molar-refractivity contribution is 5.94. The zero-order valence-electron chi connectivity index (χ0n) is 11.2. The molecule has 5 nitrogen and oxygen atoms in total. The van der Waals surface area contributed by atoms with E-state index in [9.17, 15) is 4.79 Å². The lowest BCUT2D eigenvalue weighted by Gasteiger charge is -2.08. The minimum Gasteiger partial charge on any atom is -0.388 e. The van der Waals surface area contributed by atoms with Crippen LogP contribution < -0.4 is 10.6 Å². The molecular formula is C14H18N4O. The van der Waals surface area contributed by atoms with Crippen molar-refractivity contribution >= 4 is 11.6 Å². The number of amides is 1. The molecule has 0 saturated carbocycles. The standard InChI is InChI=1S/C14H18N4O/c1-10-7-11(3-4-13(10)15-2)14(19)17-6-5-12-8-16-9-18-12/h3-4,7-9,15H,5-6H2,1-2H3,(H,16,18)(H,17,19). The highest BCUT2D eigenvalue weighted by Gasteiger charge is 2.06. The number of carbonyl (C=O) groups excluding carboxylic acids is 1. The Kier molecular flexibility index (Phi) is 4.18. The number of carbonyl (C=O) groups is 1. The molecule has 0 saturated heterocycles. The van der Waals surface area contributed by atoms with E-state index in [1.165, 1.54) is 0 Å². The molecule has 100 valence electrons. The Bertz CT molecular complexity index is 549. The Morgan fingerprint density at radius 2 is 2.26 bits per heavy atom. The van der Waals surface area contributed by atoms with Crippen molar-refractivity contribution in [1.82, 2.24) is 15.3 Å². The third-order valence-electron chi connectivity index (χ3n) is 2.99. The number of aromatic amines is 1. The molecule has 0 fully saturated rings. The number of hydrogen-bond donors (Lipinski definition) is 3. The van der Waals surface area contributed by atoms with Gasteiger partial charge in [-0.05, 0) is 30.7 Å². The van der Waals surface area contributed by atoms with Gasteiger partial charge in [-0.3, -0.25) is 4.79 Å². The molecular weight excluding hydrogens is 240 g/mol. The second-order valence-electron chi connectivity index (χ2n) is 4.36. The second-order valence-corrected chi connectivity index (χ2v) is 4.36. The maximum Gasteiger partial charge on any atom is 0.251 e. The van der Waals surface area contributed by atoms with Crippen molar-refractivity contribution in [3.05, 3.63) is 47.5 Å². The van der Waals surface area contributed by atoms with Crippen LogP contribution in [0.25, 0.3) is 0 Å². The molecule has 1 amide bonds. The van der Waals surface area contributed by atoms with Crippen LogP contribution in [0.3, 0.4) is 0 Å². The van der Waals surface area contributed by atoms with Crippen LogP contribution in [0.1, 0.15) is 21.6 Å². The number of aromatic nitrogens is 2. The summed E-state index contributed by atoms with van der Waals surface area (Å²) in [6, 6.07) is 5.63. The molecule has 0 spiro atoms. The number of aryl methyl sites for hydroxylation is 1. The Hall–Kier alpha value is -2.30. The number of rotatable bonds is 5. The van der Waals surface area contributed by atoms with Gasteiger partial charge in [-0.2, -0.15) is 0 Å². The number of imidazole rings is 1. The summed E-state index contributed by atoms with van der Waals surface area (Å²) >= 11 is 0. The molecule has 0 bridgehead atoms. The van der Waals surface area contributed by atoms with Crippen LogP contribution in [0.5, 0.6) is 0 Å². The fourth-order valence-electron chi connectivity index (χ4n) is 1.92. The van der Waals surface area contributed by atoms with E-state index in [4.69, 9.17) is 0 Å². The molecule has 2 aromatic rings. The first-order chi connectivity index (χ1) is 9.20. The first-order valence-electron chi connectivity index (χ1n) is 6.24. The SMILES string of the molecule is CNc1ccc(C(=O)NCCc2cnc[nH]2)cc1C. The smallest absolute Gasteiger partial charge is 0.251 e. The summed E-state index contributed by atoms with van der Waals surface area (Å²) in [6.07, 6.45) is 4.15. The normalized spacial score (nSPS) is 10.2. The van der Waals surface area contributed by atoms with Gasteiger partial charge < -0.3 is 15.6 Å². The molecule has 1 aromatic carbocycles. The van der Waals surface area contributed by atoms with Crippen LogP contribution in [0, 0.1) is 6.92 Å². The quantitative estimate of drug-likeness (QED) is 0.765. The number of H-pyrrole nitrogens is 1. The maximum absolute atomic E-state index is 12.0. The fourth-order valence-corrected chi connectivity index (χ4v) is 1.92. The first-order valence-corrected chi connectivity index (χ1v) is 6.24. The van der Waals surface area contributed by atoms with Gasteiger partial charge in [0, 0.05) is 43.2 Å². The van der Waals surface area contributed by atoms with Gasteiger partial charge in [0.2, 0.25) is 0 Å². The average Bonchev–Trinajstić information content (AvgIpc) is 2.91. The Morgan fingerprint density at radius 3 is 2.89 bits per heavy atom. The van der Waals surface area contributed by atoms with Crippen molar-refractivity contribution in [2.24, 2.45) is 0 Å². The summed E-state index contributed by atoms with van der Waals surface area (Å²) < 4.78 is 0. The number of nitrogens with one attached hydrogen (secondary N) is 3. The van der Waals surface area contributed by atoms with Crippen molar-refractivity contribution in [2.75, 3.05) is 18.9 Å². The van der Waals surface area contributed by atoms with Crippen LogP contribution in [0.4, 0.5) is 5.69 Å². The molecule has 0 aliphatic rings. The third kappa shape index (κ3) is 3.34. The van der Waals surface area contributed by atoms with Gasteiger partial charge in [-0.15, -0.1) is 0 Å². The van der Waals surface area contributed by atoms with Crippen LogP contribution in [-0.4, -0.2) is 29.5 Å². The molecule has 1 aromatic heterocycles. The minimum atomic E-state index is -0.0507. The summed E-state index contributed by atoms with van der Waals surface area (Å²) in [6.45, 7) is 2.57. The Labute approximate surface area is 112 Å². The Balaban J connectivity index is 1.91. The van der Waals surface area contributed by atoms with Crippen molar-refractivity contribution in [3.8, 4) is 0 Å². The molecule has 3 N–H and O–H groups in total. The van der Waals surface area contributed by atoms with Crippen LogP contribution >= 0.6 is 0 Å². The fraction of sp³-hybridized carbons (Fsp3) is 0.286. The molecule has 5 heteroatoms.